The number of nitrogens with zero attached hydrogens (tertiary/aromatic N) is 3. The van der Waals surface area contributed by atoms with Gasteiger partial charge in [-0.1, -0.05) is 0 Å². The molecular formula is C11H14N4O. The average Bonchev–Trinajstić information content (AvgIpc) is 2.90. The van der Waals surface area contributed by atoms with Crippen molar-refractivity contribution in [1.82, 2.24) is 14.5 Å². The molecule has 1 atom stereocenters. The van der Waals surface area contributed by atoms with E-state index in [9.17, 15) is 0 Å². The van der Waals surface area contributed by atoms with Gasteiger partial charge in [0.2, 0.25) is 0 Å². The monoisotopic (exact) mass is 218 g/mol. The van der Waals surface area contributed by atoms with Gasteiger partial charge in [-0.15, -0.1) is 0 Å². The molecule has 3 rings (SSSR count). The first-order valence-corrected chi connectivity index (χ1v) is 5.45. The van der Waals surface area contributed by atoms with E-state index in [1.165, 1.54) is 0 Å². The Bertz CT molecular complexity index is 502. The lowest BCUT2D eigenvalue weighted by Crippen LogP contribution is -2.19. The van der Waals surface area contributed by atoms with Gasteiger partial charge in [0.05, 0.1) is 24.5 Å². The minimum Gasteiger partial charge on any atom is -0.379 e. The van der Waals surface area contributed by atoms with Gasteiger partial charge in [0.25, 0.3) is 0 Å². The molecule has 16 heavy (non-hydrogen) atoms. The number of aryl methyl sites for hydroxylation is 1. The van der Waals surface area contributed by atoms with E-state index in [-0.39, 0.29) is 0 Å². The number of pyridine rings is 1. The number of imidazole rings is 1. The van der Waals surface area contributed by atoms with Crippen LogP contribution in [0.4, 0.5) is 5.82 Å². The molecule has 2 aromatic rings. The van der Waals surface area contributed by atoms with E-state index in [1.807, 2.05) is 30.2 Å². The van der Waals surface area contributed by atoms with Crippen LogP contribution in [0.2, 0.25) is 0 Å². The zero-order valence-electron chi connectivity index (χ0n) is 9.18. The highest BCUT2D eigenvalue weighted by atomic mass is 16.5. The fourth-order valence-electron chi connectivity index (χ4n) is 2.01. The van der Waals surface area contributed by atoms with Crippen LogP contribution in [-0.2, 0) is 11.8 Å². The lowest BCUT2D eigenvalue weighted by Gasteiger charge is -2.11. The summed E-state index contributed by atoms with van der Waals surface area (Å²) in [5, 5.41) is 3.39. The largest absolute Gasteiger partial charge is 0.379 e. The molecule has 0 amide bonds. The summed E-state index contributed by atoms with van der Waals surface area (Å²) in [5.74, 6) is 0.855. The van der Waals surface area contributed by atoms with Gasteiger partial charge in [-0.3, -0.25) is 0 Å². The lowest BCUT2D eigenvalue weighted by atomic mass is 10.2. The minimum absolute atomic E-state index is 0.361. The van der Waals surface area contributed by atoms with Crippen LogP contribution in [0.5, 0.6) is 0 Å². The maximum Gasteiger partial charge on any atom is 0.154 e. The van der Waals surface area contributed by atoms with Gasteiger partial charge in [0.1, 0.15) is 5.52 Å². The van der Waals surface area contributed by atoms with Crippen LogP contribution in [0.25, 0.3) is 11.0 Å². The van der Waals surface area contributed by atoms with Crippen LogP contribution in [0, 0.1) is 0 Å². The maximum atomic E-state index is 5.33. The molecule has 0 bridgehead atoms. The van der Waals surface area contributed by atoms with Crippen LogP contribution in [0.15, 0.2) is 18.6 Å². The highest BCUT2D eigenvalue weighted by molar-refractivity contribution is 5.85. The van der Waals surface area contributed by atoms with Crippen molar-refractivity contribution in [3.63, 3.8) is 0 Å². The van der Waals surface area contributed by atoms with Gasteiger partial charge >= 0.3 is 0 Å². The molecule has 1 fully saturated rings. The summed E-state index contributed by atoms with van der Waals surface area (Å²) >= 11 is 0. The van der Waals surface area contributed by atoms with E-state index in [0.717, 1.165) is 36.5 Å². The van der Waals surface area contributed by atoms with Crippen LogP contribution >= 0.6 is 0 Å². The van der Waals surface area contributed by atoms with Gasteiger partial charge in [-0.2, -0.15) is 0 Å². The molecular weight excluding hydrogens is 204 g/mol. The first-order valence-electron chi connectivity index (χ1n) is 5.45. The van der Waals surface area contributed by atoms with Crippen molar-refractivity contribution in [2.45, 2.75) is 12.5 Å². The Balaban J connectivity index is 1.96. The van der Waals surface area contributed by atoms with Crippen molar-refractivity contribution in [3.8, 4) is 0 Å². The molecule has 0 saturated carbocycles. The summed E-state index contributed by atoms with van der Waals surface area (Å²) in [5.41, 5.74) is 2.02. The molecule has 0 aromatic carbocycles. The van der Waals surface area contributed by atoms with Crippen molar-refractivity contribution >= 4 is 16.9 Å². The smallest absolute Gasteiger partial charge is 0.154 e. The second-order valence-electron chi connectivity index (χ2n) is 4.09. The van der Waals surface area contributed by atoms with E-state index in [0.29, 0.717) is 6.04 Å². The number of hydrogen-bond acceptors (Lipinski definition) is 4. The molecule has 2 aromatic heterocycles. The third kappa shape index (κ3) is 1.53. The van der Waals surface area contributed by atoms with E-state index in [4.69, 9.17) is 4.74 Å². The predicted octanol–water partition coefficient (Wildman–Crippen LogP) is 1.17. The quantitative estimate of drug-likeness (QED) is 0.822. The molecule has 1 aliphatic heterocycles. The summed E-state index contributed by atoms with van der Waals surface area (Å²) in [7, 11) is 1.98. The number of aromatic nitrogens is 3. The molecule has 3 heterocycles. The SMILES string of the molecule is Cn1cnc2c(NC3CCOC3)nccc21. The zero-order valence-corrected chi connectivity index (χ0v) is 9.18. The van der Waals surface area contributed by atoms with Gasteiger partial charge in [0, 0.05) is 19.9 Å². The highest BCUT2D eigenvalue weighted by Gasteiger charge is 2.17. The Morgan fingerprint density at radius 3 is 3.25 bits per heavy atom. The summed E-state index contributed by atoms with van der Waals surface area (Å²) in [6, 6.07) is 2.33. The Hall–Kier alpha value is -1.62. The predicted molar refractivity (Wildman–Crippen MR) is 61.4 cm³/mol. The topological polar surface area (TPSA) is 52.0 Å². The Morgan fingerprint density at radius 1 is 1.50 bits per heavy atom. The molecule has 0 spiro atoms. The average molecular weight is 218 g/mol. The molecule has 5 heteroatoms. The van der Waals surface area contributed by atoms with Crippen molar-refractivity contribution in [2.75, 3.05) is 18.5 Å². The van der Waals surface area contributed by atoms with Gasteiger partial charge in [0.15, 0.2) is 5.82 Å². The Morgan fingerprint density at radius 2 is 2.44 bits per heavy atom. The summed E-state index contributed by atoms with van der Waals surface area (Å²) in [4.78, 5) is 8.70. The second-order valence-corrected chi connectivity index (χ2v) is 4.09. The Kier molecular flexibility index (Phi) is 2.25. The van der Waals surface area contributed by atoms with E-state index < -0.39 is 0 Å². The Labute approximate surface area is 93.5 Å². The molecule has 1 unspecified atom stereocenters. The molecule has 0 aliphatic carbocycles. The number of nitrogens with one attached hydrogen (secondary N) is 1. The van der Waals surface area contributed by atoms with Gasteiger partial charge < -0.3 is 14.6 Å². The molecule has 5 nitrogen and oxygen atoms in total. The molecule has 1 N–H and O–H groups in total. The van der Waals surface area contributed by atoms with E-state index >= 15 is 0 Å². The molecule has 0 radical (unpaired) electrons. The van der Waals surface area contributed by atoms with E-state index in [2.05, 4.69) is 15.3 Å². The van der Waals surface area contributed by atoms with Crippen LogP contribution < -0.4 is 5.32 Å². The van der Waals surface area contributed by atoms with Gasteiger partial charge in [-0.05, 0) is 12.5 Å². The fraction of sp³-hybridized carbons (Fsp3) is 0.455. The molecule has 1 aliphatic rings. The summed E-state index contributed by atoms with van der Waals surface area (Å²) in [6.07, 6.45) is 4.65. The number of fused-ring (bicyclic) bond motifs is 1. The van der Waals surface area contributed by atoms with Crippen molar-refractivity contribution < 1.29 is 4.74 Å². The summed E-state index contributed by atoms with van der Waals surface area (Å²) in [6.45, 7) is 1.58. The van der Waals surface area contributed by atoms with Crippen molar-refractivity contribution in [2.24, 2.45) is 7.05 Å². The molecule has 1 saturated heterocycles. The number of rotatable bonds is 2. The zero-order chi connectivity index (χ0) is 11.0. The fourth-order valence-corrected chi connectivity index (χ4v) is 2.01. The normalized spacial score (nSPS) is 20.4. The third-order valence-electron chi connectivity index (χ3n) is 2.91. The lowest BCUT2D eigenvalue weighted by molar-refractivity contribution is 0.195. The first kappa shape index (κ1) is 9.59. The van der Waals surface area contributed by atoms with E-state index in [1.54, 1.807) is 0 Å². The summed E-state index contributed by atoms with van der Waals surface area (Å²) < 4.78 is 7.32. The maximum absolute atomic E-state index is 5.33. The van der Waals surface area contributed by atoms with Gasteiger partial charge in [-0.25, -0.2) is 9.97 Å². The number of hydrogen-bond donors (Lipinski definition) is 1. The third-order valence-corrected chi connectivity index (χ3v) is 2.91. The first-order chi connectivity index (χ1) is 7.84. The number of ether oxygens (including phenoxy) is 1. The standard InChI is InChI=1S/C11H14N4O/c1-15-7-13-10-9(15)2-4-12-11(10)14-8-3-5-16-6-8/h2,4,7-8H,3,5-6H2,1H3,(H,12,14). The number of anilines is 1. The van der Waals surface area contributed by atoms with Crippen LogP contribution in [0.1, 0.15) is 6.42 Å². The highest BCUT2D eigenvalue weighted by Crippen LogP contribution is 2.20. The minimum atomic E-state index is 0.361. The molecule has 84 valence electrons. The second kappa shape index (κ2) is 3.75. The van der Waals surface area contributed by atoms with Crippen LogP contribution in [-0.4, -0.2) is 33.8 Å². The van der Waals surface area contributed by atoms with Crippen molar-refractivity contribution in [1.29, 1.82) is 0 Å². The van der Waals surface area contributed by atoms with Crippen molar-refractivity contribution in [3.05, 3.63) is 18.6 Å². The van der Waals surface area contributed by atoms with Crippen LogP contribution in [0.3, 0.4) is 0 Å².